The van der Waals surface area contributed by atoms with Crippen molar-refractivity contribution in [2.24, 2.45) is 0 Å². The number of hydrogen-bond donors (Lipinski definition) is 3. The lowest BCUT2D eigenvalue weighted by atomic mass is 10.1. The molecule has 2 rings (SSSR count). The van der Waals surface area contributed by atoms with Gasteiger partial charge < -0.3 is 9.84 Å². The first-order valence-corrected chi connectivity index (χ1v) is 10.3. The minimum Gasteiger partial charge on any atom is -0.478 e. The lowest BCUT2D eigenvalue weighted by Crippen LogP contribution is -2.49. The summed E-state index contributed by atoms with van der Waals surface area (Å²) in [5, 5.41) is 10.8. The number of para-hydroxylation sites is 1. The maximum Gasteiger partial charge on any atom is 0.420 e. The molecular weight excluding hydrogens is 411 g/mol. The molecule has 0 fully saturated rings. The summed E-state index contributed by atoms with van der Waals surface area (Å²) in [5.41, 5.74) is 4.40. The number of nitrogens with zero attached hydrogens (tertiary/aromatic N) is 1. The molecule has 0 aliphatic heterocycles. The van der Waals surface area contributed by atoms with E-state index in [0.717, 1.165) is 25.7 Å². The van der Waals surface area contributed by atoms with Gasteiger partial charge in [-0.15, -0.1) is 0 Å². The number of ether oxygens (including phenoxy) is 1. The van der Waals surface area contributed by atoms with Gasteiger partial charge in [-0.1, -0.05) is 44.9 Å². The number of rotatable bonds is 12. The van der Waals surface area contributed by atoms with Crippen LogP contribution in [0.3, 0.4) is 0 Å². The highest BCUT2D eigenvalue weighted by molar-refractivity contribution is 5.90. The molecule has 0 aliphatic rings. The molecule has 0 aromatic heterocycles. The zero-order valence-corrected chi connectivity index (χ0v) is 17.6. The number of hydrazine groups is 2. The Balaban J connectivity index is 2.62. The highest BCUT2D eigenvalue weighted by Crippen LogP contribution is 2.44. The quantitative estimate of drug-likeness (QED) is 0.295. The molecule has 0 aliphatic carbocycles. The molecule has 0 atom stereocenters. The summed E-state index contributed by atoms with van der Waals surface area (Å²) in [6.45, 7) is 4.96. The third-order valence-electron chi connectivity index (χ3n) is 4.43. The molecule has 31 heavy (non-hydrogen) atoms. The molecule has 3 N–H and O–H groups in total. The van der Waals surface area contributed by atoms with Gasteiger partial charge in [0.15, 0.2) is 5.75 Å². The Morgan fingerprint density at radius 2 is 1.61 bits per heavy atom. The third kappa shape index (κ3) is 7.15. The first-order chi connectivity index (χ1) is 14.8. The van der Waals surface area contributed by atoms with Crippen LogP contribution in [0.25, 0.3) is 0 Å². The Bertz CT molecular complexity index is 835. The van der Waals surface area contributed by atoms with Gasteiger partial charge in [-0.05, 0) is 37.1 Å². The smallest absolute Gasteiger partial charge is 0.420 e. The lowest BCUT2D eigenvalue weighted by Gasteiger charge is -2.29. The van der Waals surface area contributed by atoms with Gasteiger partial charge in [-0.3, -0.25) is 0 Å². The van der Waals surface area contributed by atoms with Crippen molar-refractivity contribution in [1.29, 1.82) is 0 Å². The second kappa shape index (κ2) is 11.6. The number of carboxylic acids is 1. The van der Waals surface area contributed by atoms with Gasteiger partial charge in [-0.2, -0.15) is 13.2 Å². The van der Waals surface area contributed by atoms with Crippen LogP contribution in [-0.2, 0) is 6.18 Å². The number of carbonyl (C=O) groups is 1. The van der Waals surface area contributed by atoms with Crippen molar-refractivity contribution in [3.8, 4) is 11.5 Å². The van der Waals surface area contributed by atoms with E-state index in [0.29, 0.717) is 19.2 Å². The molecule has 6 nitrogen and oxygen atoms in total. The number of aromatic carboxylic acids is 1. The predicted octanol–water partition coefficient (Wildman–Crippen LogP) is 5.61. The van der Waals surface area contributed by atoms with E-state index < -0.39 is 29.0 Å². The summed E-state index contributed by atoms with van der Waals surface area (Å²) in [4.78, 5) is 11.6. The maximum absolute atomic E-state index is 13.9. The summed E-state index contributed by atoms with van der Waals surface area (Å²) in [5.74, 6) is -1.73. The number of nitrogens with one attached hydrogen (secondary N) is 2. The van der Waals surface area contributed by atoms with Crippen LogP contribution in [0.4, 0.5) is 18.9 Å². The van der Waals surface area contributed by atoms with Crippen LogP contribution in [0.5, 0.6) is 11.5 Å². The number of anilines is 1. The Morgan fingerprint density at radius 1 is 1.03 bits per heavy atom. The summed E-state index contributed by atoms with van der Waals surface area (Å²) >= 11 is 0. The Labute approximate surface area is 180 Å². The highest BCUT2D eigenvalue weighted by Gasteiger charge is 2.38. The normalized spacial score (nSPS) is 11.4. The first-order valence-electron chi connectivity index (χ1n) is 10.3. The monoisotopic (exact) mass is 439 g/mol. The molecule has 0 saturated heterocycles. The molecule has 0 saturated carbocycles. The number of carboxylic acid groups (broad SMARTS) is 1. The molecule has 0 bridgehead atoms. The summed E-state index contributed by atoms with van der Waals surface area (Å²) in [7, 11) is 0. The molecule has 2 aromatic rings. The molecule has 0 unspecified atom stereocenters. The van der Waals surface area contributed by atoms with Crippen molar-refractivity contribution in [2.75, 3.05) is 18.2 Å². The summed E-state index contributed by atoms with van der Waals surface area (Å²) in [6, 6.07) is 9.85. The fourth-order valence-corrected chi connectivity index (χ4v) is 2.79. The zero-order valence-electron chi connectivity index (χ0n) is 17.6. The fourth-order valence-electron chi connectivity index (χ4n) is 2.79. The van der Waals surface area contributed by atoms with Crippen LogP contribution >= 0.6 is 0 Å². The van der Waals surface area contributed by atoms with Crippen molar-refractivity contribution < 1.29 is 27.8 Å². The van der Waals surface area contributed by atoms with Crippen molar-refractivity contribution in [3.05, 3.63) is 53.6 Å². The topological polar surface area (TPSA) is 73.8 Å². The van der Waals surface area contributed by atoms with Gasteiger partial charge in [0.1, 0.15) is 17.0 Å². The second-order valence-electron chi connectivity index (χ2n) is 6.95. The predicted molar refractivity (Wildman–Crippen MR) is 113 cm³/mol. The molecule has 9 heteroatoms. The van der Waals surface area contributed by atoms with Crippen molar-refractivity contribution >= 4 is 11.7 Å². The molecular formula is C22H28F3N3O3. The van der Waals surface area contributed by atoms with E-state index in [-0.39, 0.29) is 11.4 Å². The van der Waals surface area contributed by atoms with E-state index in [9.17, 15) is 23.1 Å². The largest absolute Gasteiger partial charge is 0.478 e. The number of unbranched alkanes of at least 4 members (excludes halogenated alkanes) is 2. The van der Waals surface area contributed by atoms with Crippen LogP contribution in [0.15, 0.2) is 42.5 Å². The maximum atomic E-state index is 13.9. The average molecular weight is 439 g/mol. The first kappa shape index (κ1) is 24.5. The molecule has 0 amide bonds. The van der Waals surface area contributed by atoms with Crippen LogP contribution in [-0.4, -0.2) is 24.2 Å². The molecule has 170 valence electrons. The van der Waals surface area contributed by atoms with E-state index in [1.54, 1.807) is 18.2 Å². The van der Waals surface area contributed by atoms with E-state index in [4.69, 9.17) is 4.74 Å². The van der Waals surface area contributed by atoms with Gasteiger partial charge in [0.2, 0.25) is 0 Å². The SMILES string of the molecule is CCCCNN(NCCCC)c1cc(C(=O)O)cc(C(F)(F)F)c1Oc1ccccc1. The minimum atomic E-state index is -4.82. The van der Waals surface area contributed by atoms with Gasteiger partial charge in [0.05, 0.1) is 5.56 Å². The minimum absolute atomic E-state index is 0.0525. The van der Waals surface area contributed by atoms with Crippen LogP contribution < -0.4 is 20.7 Å². The Hall–Kier alpha value is -2.78. The third-order valence-corrected chi connectivity index (χ3v) is 4.43. The van der Waals surface area contributed by atoms with Crippen molar-refractivity contribution in [1.82, 2.24) is 10.9 Å². The lowest BCUT2D eigenvalue weighted by molar-refractivity contribution is -0.138. The Morgan fingerprint density at radius 3 is 2.10 bits per heavy atom. The number of halogens is 3. The molecule has 0 radical (unpaired) electrons. The van der Waals surface area contributed by atoms with Gasteiger partial charge >= 0.3 is 12.1 Å². The van der Waals surface area contributed by atoms with Crippen molar-refractivity contribution in [3.63, 3.8) is 0 Å². The highest BCUT2D eigenvalue weighted by atomic mass is 19.4. The Kier molecular flexibility index (Phi) is 9.14. The second-order valence-corrected chi connectivity index (χ2v) is 6.95. The number of hydrogen-bond acceptors (Lipinski definition) is 5. The molecule has 0 spiro atoms. The van der Waals surface area contributed by atoms with Crippen LogP contribution in [0, 0.1) is 0 Å². The molecule has 2 aromatic carbocycles. The van der Waals surface area contributed by atoms with Crippen LogP contribution in [0.2, 0.25) is 0 Å². The zero-order chi connectivity index (χ0) is 22.9. The fraction of sp³-hybridized carbons (Fsp3) is 0.409. The van der Waals surface area contributed by atoms with Gasteiger partial charge in [0.25, 0.3) is 0 Å². The van der Waals surface area contributed by atoms with Crippen LogP contribution in [0.1, 0.15) is 55.5 Å². The van der Waals surface area contributed by atoms with E-state index in [1.165, 1.54) is 23.3 Å². The average Bonchev–Trinajstić information content (AvgIpc) is 2.73. The van der Waals surface area contributed by atoms with Crippen molar-refractivity contribution in [2.45, 2.75) is 45.7 Å². The van der Waals surface area contributed by atoms with E-state index in [1.807, 2.05) is 13.8 Å². The van der Waals surface area contributed by atoms with E-state index >= 15 is 0 Å². The summed E-state index contributed by atoms with van der Waals surface area (Å²) < 4.78 is 47.4. The van der Waals surface area contributed by atoms with Gasteiger partial charge in [0, 0.05) is 13.1 Å². The van der Waals surface area contributed by atoms with Gasteiger partial charge in [-0.25, -0.2) is 20.8 Å². The van der Waals surface area contributed by atoms with E-state index in [2.05, 4.69) is 10.9 Å². The molecule has 0 heterocycles. The standard InChI is InChI=1S/C22H28F3N3O3/c1-3-5-12-26-28(27-13-6-4-2)19-15-16(21(29)30)14-18(22(23,24)25)20(19)31-17-10-8-7-9-11-17/h7-11,14-15,26-27H,3-6,12-13H2,1-2H3,(H,29,30). The number of alkyl halides is 3. The summed E-state index contributed by atoms with van der Waals surface area (Å²) in [6.07, 6.45) is -1.49. The number of benzene rings is 2.